The molecule has 2 atom stereocenters. The number of nitrogens with zero attached hydrogens (tertiary/aromatic N) is 1. The van der Waals surface area contributed by atoms with Crippen molar-refractivity contribution in [1.29, 1.82) is 0 Å². The van der Waals surface area contributed by atoms with Crippen LogP contribution in [0.3, 0.4) is 0 Å². The first-order valence-corrected chi connectivity index (χ1v) is 6.56. The topological polar surface area (TPSA) is 29.3 Å². The zero-order valence-corrected chi connectivity index (χ0v) is 10.3. The van der Waals surface area contributed by atoms with Gasteiger partial charge in [-0.3, -0.25) is 0 Å². The molecule has 0 bridgehead atoms. The summed E-state index contributed by atoms with van der Waals surface area (Å²) < 4.78 is 0. The van der Waals surface area contributed by atoms with Crippen LogP contribution in [0.2, 0.25) is 0 Å². The molecule has 15 heavy (non-hydrogen) atoms. The van der Waals surface area contributed by atoms with E-state index in [0.717, 1.165) is 18.4 Å². The molecule has 88 valence electrons. The third kappa shape index (κ3) is 2.54. The average Bonchev–Trinajstić information content (AvgIpc) is 2.10. The zero-order chi connectivity index (χ0) is 10.9. The van der Waals surface area contributed by atoms with Gasteiger partial charge in [-0.05, 0) is 43.1 Å². The Morgan fingerprint density at radius 3 is 2.20 bits per heavy atom. The minimum absolute atomic E-state index is 0.497. The Kier molecular flexibility index (Phi) is 3.36. The largest absolute Gasteiger partial charge is 0.330 e. The van der Waals surface area contributed by atoms with E-state index in [1.807, 2.05) is 0 Å². The third-order valence-electron chi connectivity index (χ3n) is 4.35. The smallest absolute Gasteiger partial charge is 0.00503 e. The lowest BCUT2D eigenvalue weighted by Gasteiger charge is -2.47. The van der Waals surface area contributed by atoms with Crippen LogP contribution in [0.15, 0.2) is 0 Å². The monoisotopic (exact) mass is 210 g/mol. The van der Waals surface area contributed by atoms with E-state index in [9.17, 15) is 0 Å². The fraction of sp³-hybridized carbons (Fsp3) is 1.00. The molecule has 0 aromatic carbocycles. The van der Waals surface area contributed by atoms with E-state index in [2.05, 4.69) is 18.7 Å². The average molecular weight is 210 g/mol. The van der Waals surface area contributed by atoms with Gasteiger partial charge in [-0.15, -0.1) is 0 Å². The highest BCUT2D eigenvalue weighted by molar-refractivity contribution is 4.92. The first kappa shape index (κ1) is 11.4. The Bertz CT molecular complexity index is 195. The van der Waals surface area contributed by atoms with Crippen LogP contribution >= 0.6 is 0 Å². The van der Waals surface area contributed by atoms with Crippen molar-refractivity contribution in [3.8, 4) is 0 Å². The SMILES string of the molecule is CC1CC(C)CN(CC2(CN)CCC2)C1. The highest BCUT2D eigenvalue weighted by atomic mass is 15.1. The molecule has 2 nitrogen and oxygen atoms in total. The standard InChI is InChI=1S/C13H26N2/c1-11-6-12(2)8-15(7-11)10-13(9-14)4-3-5-13/h11-12H,3-10,14H2,1-2H3. The van der Waals surface area contributed by atoms with Crippen molar-refractivity contribution in [3.05, 3.63) is 0 Å². The fourth-order valence-electron chi connectivity index (χ4n) is 3.50. The minimum atomic E-state index is 0.497. The zero-order valence-electron chi connectivity index (χ0n) is 10.3. The van der Waals surface area contributed by atoms with Crippen molar-refractivity contribution in [2.75, 3.05) is 26.2 Å². The molecule has 2 rings (SSSR count). The van der Waals surface area contributed by atoms with Gasteiger partial charge in [0.15, 0.2) is 0 Å². The van der Waals surface area contributed by atoms with E-state index < -0.39 is 0 Å². The lowest BCUT2D eigenvalue weighted by molar-refractivity contribution is 0.0394. The highest BCUT2D eigenvalue weighted by Gasteiger charge is 2.38. The maximum atomic E-state index is 5.93. The summed E-state index contributed by atoms with van der Waals surface area (Å²) >= 11 is 0. The van der Waals surface area contributed by atoms with Crippen LogP contribution in [-0.2, 0) is 0 Å². The van der Waals surface area contributed by atoms with Crippen LogP contribution in [0, 0.1) is 17.3 Å². The van der Waals surface area contributed by atoms with Crippen LogP contribution in [0.1, 0.15) is 39.5 Å². The van der Waals surface area contributed by atoms with Gasteiger partial charge in [-0.2, -0.15) is 0 Å². The molecule has 2 aliphatic rings. The van der Waals surface area contributed by atoms with Crippen molar-refractivity contribution in [2.24, 2.45) is 23.0 Å². The van der Waals surface area contributed by atoms with Crippen molar-refractivity contribution in [1.82, 2.24) is 4.90 Å². The third-order valence-corrected chi connectivity index (χ3v) is 4.35. The van der Waals surface area contributed by atoms with Crippen LogP contribution in [0.4, 0.5) is 0 Å². The van der Waals surface area contributed by atoms with Crippen molar-refractivity contribution >= 4 is 0 Å². The predicted octanol–water partition coefficient (Wildman–Crippen LogP) is 2.09. The molecular weight excluding hydrogens is 184 g/mol. The molecule has 0 aromatic heterocycles. The molecule has 0 aromatic rings. The van der Waals surface area contributed by atoms with E-state index >= 15 is 0 Å². The van der Waals surface area contributed by atoms with Gasteiger partial charge in [0.2, 0.25) is 0 Å². The first-order valence-electron chi connectivity index (χ1n) is 6.56. The maximum absolute atomic E-state index is 5.93. The Morgan fingerprint density at radius 2 is 1.80 bits per heavy atom. The van der Waals surface area contributed by atoms with Gasteiger partial charge in [0.25, 0.3) is 0 Å². The lowest BCUT2D eigenvalue weighted by Crippen LogP contribution is -2.50. The van der Waals surface area contributed by atoms with Crippen molar-refractivity contribution < 1.29 is 0 Å². The van der Waals surface area contributed by atoms with Crippen LogP contribution in [0.5, 0.6) is 0 Å². The summed E-state index contributed by atoms with van der Waals surface area (Å²) in [5.41, 5.74) is 6.43. The number of likely N-dealkylation sites (tertiary alicyclic amines) is 1. The van der Waals surface area contributed by atoms with E-state index in [1.165, 1.54) is 45.3 Å². The number of rotatable bonds is 3. The minimum Gasteiger partial charge on any atom is -0.330 e. The summed E-state index contributed by atoms with van der Waals surface area (Å²) in [6, 6.07) is 0. The first-order chi connectivity index (χ1) is 7.13. The molecular formula is C13H26N2. The van der Waals surface area contributed by atoms with Gasteiger partial charge in [-0.1, -0.05) is 20.3 Å². The number of piperidine rings is 1. The molecule has 0 spiro atoms. The van der Waals surface area contributed by atoms with Gasteiger partial charge in [-0.25, -0.2) is 0 Å². The lowest BCUT2D eigenvalue weighted by atomic mass is 9.68. The highest BCUT2D eigenvalue weighted by Crippen LogP contribution is 2.41. The van der Waals surface area contributed by atoms with E-state index in [4.69, 9.17) is 5.73 Å². The van der Waals surface area contributed by atoms with E-state index in [0.29, 0.717) is 5.41 Å². The van der Waals surface area contributed by atoms with Crippen molar-refractivity contribution in [2.45, 2.75) is 39.5 Å². The summed E-state index contributed by atoms with van der Waals surface area (Å²) in [6.45, 7) is 9.53. The molecule has 2 unspecified atom stereocenters. The summed E-state index contributed by atoms with van der Waals surface area (Å²) in [5, 5.41) is 0. The Labute approximate surface area is 94.2 Å². The van der Waals surface area contributed by atoms with Gasteiger partial charge in [0.05, 0.1) is 0 Å². The fourth-order valence-corrected chi connectivity index (χ4v) is 3.50. The van der Waals surface area contributed by atoms with Gasteiger partial charge in [0, 0.05) is 19.6 Å². The van der Waals surface area contributed by atoms with Gasteiger partial charge >= 0.3 is 0 Å². The molecule has 2 heteroatoms. The Morgan fingerprint density at radius 1 is 1.20 bits per heavy atom. The molecule has 1 aliphatic carbocycles. The van der Waals surface area contributed by atoms with Crippen LogP contribution in [-0.4, -0.2) is 31.1 Å². The van der Waals surface area contributed by atoms with E-state index in [-0.39, 0.29) is 0 Å². The number of hydrogen-bond donors (Lipinski definition) is 1. The summed E-state index contributed by atoms with van der Waals surface area (Å²) in [6.07, 6.45) is 5.54. The normalized spacial score (nSPS) is 36.2. The summed E-state index contributed by atoms with van der Waals surface area (Å²) in [5.74, 6) is 1.76. The molecule has 1 aliphatic heterocycles. The molecule has 1 saturated carbocycles. The second kappa shape index (κ2) is 4.42. The van der Waals surface area contributed by atoms with Crippen LogP contribution < -0.4 is 5.73 Å². The molecule has 0 radical (unpaired) electrons. The van der Waals surface area contributed by atoms with Crippen molar-refractivity contribution in [3.63, 3.8) is 0 Å². The summed E-state index contributed by atoms with van der Waals surface area (Å²) in [7, 11) is 0. The molecule has 1 saturated heterocycles. The molecule has 2 fully saturated rings. The Balaban J connectivity index is 1.87. The number of hydrogen-bond acceptors (Lipinski definition) is 2. The second-order valence-electron chi connectivity index (χ2n) is 6.20. The maximum Gasteiger partial charge on any atom is 0.00503 e. The second-order valence-corrected chi connectivity index (χ2v) is 6.20. The van der Waals surface area contributed by atoms with Crippen LogP contribution in [0.25, 0.3) is 0 Å². The van der Waals surface area contributed by atoms with E-state index in [1.54, 1.807) is 0 Å². The van der Waals surface area contributed by atoms with Gasteiger partial charge < -0.3 is 10.6 Å². The summed E-state index contributed by atoms with van der Waals surface area (Å²) in [4.78, 5) is 2.67. The molecule has 0 amide bonds. The Hall–Kier alpha value is -0.0800. The van der Waals surface area contributed by atoms with Gasteiger partial charge in [0.1, 0.15) is 0 Å². The number of nitrogens with two attached hydrogens (primary N) is 1. The predicted molar refractivity (Wildman–Crippen MR) is 64.7 cm³/mol. The quantitative estimate of drug-likeness (QED) is 0.773. The molecule has 2 N–H and O–H groups in total. The molecule has 1 heterocycles.